The summed E-state index contributed by atoms with van der Waals surface area (Å²) in [5.41, 5.74) is 5.31. The predicted octanol–water partition coefficient (Wildman–Crippen LogP) is 3.59. The molecule has 1 amide bonds. The fraction of sp³-hybridized carbons (Fsp3) is 0.296. The molecule has 9 nitrogen and oxygen atoms in total. The van der Waals surface area contributed by atoms with E-state index in [2.05, 4.69) is 21.6 Å². The number of nitrogens with zero attached hydrogens (tertiary/aromatic N) is 4. The van der Waals surface area contributed by atoms with Crippen molar-refractivity contribution in [3.05, 3.63) is 77.1 Å². The molecule has 4 heterocycles. The molecule has 4 aromatic rings. The minimum absolute atomic E-state index is 0.118. The lowest BCUT2D eigenvalue weighted by atomic mass is 10.1. The van der Waals surface area contributed by atoms with E-state index in [4.69, 9.17) is 14.7 Å². The highest BCUT2D eigenvalue weighted by molar-refractivity contribution is 7.92. The Balaban J connectivity index is 1.21. The summed E-state index contributed by atoms with van der Waals surface area (Å²) >= 11 is 0. The second-order valence-corrected chi connectivity index (χ2v) is 11.9. The first-order chi connectivity index (χ1) is 17.9. The zero-order valence-electron chi connectivity index (χ0n) is 20.2. The molecule has 3 aromatic heterocycles. The highest BCUT2D eigenvalue weighted by atomic mass is 32.2. The normalized spacial score (nSPS) is 18.7. The van der Waals surface area contributed by atoms with Gasteiger partial charge in [-0.1, -0.05) is 12.1 Å². The average Bonchev–Trinajstić information content (AvgIpc) is 3.77. The van der Waals surface area contributed by atoms with Gasteiger partial charge < -0.3 is 10.1 Å². The van der Waals surface area contributed by atoms with Crippen LogP contribution in [0.25, 0.3) is 22.4 Å². The fourth-order valence-corrected chi connectivity index (χ4v) is 5.88. The van der Waals surface area contributed by atoms with E-state index in [-0.39, 0.29) is 30.2 Å². The molecule has 0 saturated heterocycles. The molecular weight excluding hydrogens is 490 g/mol. The smallest absolute Gasteiger partial charge is 0.251 e. The van der Waals surface area contributed by atoms with Crippen molar-refractivity contribution in [2.75, 3.05) is 6.61 Å². The number of nitrogens with one attached hydrogen (secondary N) is 1. The summed E-state index contributed by atoms with van der Waals surface area (Å²) < 4.78 is 31.2. The molecule has 2 aliphatic rings. The van der Waals surface area contributed by atoms with Gasteiger partial charge in [-0.05, 0) is 67.8 Å². The molecule has 1 N–H and O–H groups in total. The number of sulfone groups is 1. The Kier molecular flexibility index (Phi) is 5.92. The van der Waals surface area contributed by atoms with Crippen LogP contribution in [0.3, 0.4) is 0 Å². The van der Waals surface area contributed by atoms with Gasteiger partial charge in [0.1, 0.15) is 5.52 Å². The SMILES string of the molecule is C[C@H]1COCc2ccc(C(=O)NCc3cc4nc(-c5cccc(C6CC6)n5)ccc4nn3)cc2S1(=O)=O. The van der Waals surface area contributed by atoms with Gasteiger partial charge in [-0.2, -0.15) is 5.10 Å². The highest BCUT2D eigenvalue weighted by Gasteiger charge is 2.30. The van der Waals surface area contributed by atoms with Gasteiger partial charge in [-0.25, -0.2) is 13.4 Å². The number of hydrogen-bond acceptors (Lipinski definition) is 8. The summed E-state index contributed by atoms with van der Waals surface area (Å²) in [6.45, 7) is 2.04. The molecular formula is C27H25N5O4S. The molecule has 1 fully saturated rings. The van der Waals surface area contributed by atoms with Crippen molar-refractivity contribution in [2.24, 2.45) is 0 Å². The lowest BCUT2D eigenvalue weighted by molar-refractivity contribution is 0.0949. The lowest BCUT2D eigenvalue weighted by Crippen LogP contribution is -2.25. The van der Waals surface area contributed by atoms with E-state index in [9.17, 15) is 13.2 Å². The average molecular weight is 516 g/mol. The molecule has 188 valence electrons. The number of fused-ring (bicyclic) bond motifs is 2. The van der Waals surface area contributed by atoms with Gasteiger partial charge in [-0.3, -0.25) is 9.78 Å². The van der Waals surface area contributed by atoms with Crippen molar-refractivity contribution < 1.29 is 17.9 Å². The Morgan fingerprint density at radius 3 is 2.68 bits per heavy atom. The number of pyridine rings is 2. The summed E-state index contributed by atoms with van der Waals surface area (Å²) in [4.78, 5) is 22.5. The fourth-order valence-electron chi connectivity index (χ4n) is 4.39. The van der Waals surface area contributed by atoms with E-state index < -0.39 is 21.0 Å². The van der Waals surface area contributed by atoms with Gasteiger partial charge in [0.05, 0.1) is 52.5 Å². The molecule has 0 bridgehead atoms. The van der Waals surface area contributed by atoms with Crippen LogP contribution in [-0.4, -0.2) is 46.3 Å². The number of amides is 1. The monoisotopic (exact) mass is 515 g/mol. The first-order valence-electron chi connectivity index (χ1n) is 12.2. The molecule has 1 aromatic carbocycles. The molecule has 6 rings (SSSR count). The van der Waals surface area contributed by atoms with Gasteiger partial charge >= 0.3 is 0 Å². The van der Waals surface area contributed by atoms with E-state index in [0.717, 1.165) is 17.1 Å². The third-order valence-corrected chi connectivity index (χ3v) is 8.91. The van der Waals surface area contributed by atoms with E-state index in [1.165, 1.54) is 18.9 Å². The van der Waals surface area contributed by atoms with Crippen molar-refractivity contribution in [2.45, 2.75) is 49.0 Å². The number of rotatable bonds is 5. The minimum Gasteiger partial charge on any atom is -0.375 e. The van der Waals surface area contributed by atoms with Crippen molar-refractivity contribution in [3.8, 4) is 11.4 Å². The van der Waals surface area contributed by atoms with Crippen LogP contribution in [0.15, 0.2) is 59.5 Å². The molecule has 1 aliphatic heterocycles. The van der Waals surface area contributed by atoms with E-state index >= 15 is 0 Å². The topological polar surface area (TPSA) is 124 Å². The van der Waals surface area contributed by atoms with Crippen LogP contribution in [0.2, 0.25) is 0 Å². The van der Waals surface area contributed by atoms with Crippen LogP contribution >= 0.6 is 0 Å². The van der Waals surface area contributed by atoms with Gasteiger partial charge in [0.25, 0.3) is 5.91 Å². The Labute approximate surface area is 214 Å². The zero-order valence-corrected chi connectivity index (χ0v) is 21.0. The van der Waals surface area contributed by atoms with E-state index in [0.29, 0.717) is 28.2 Å². The predicted molar refractivity (Wildman–Crippen MR) is 136 cm³/mol. The van der Waals surface area contributed by atoms with E-state index in [1.807, 2.05) is 24.3 Å². The second kappa shape index (κ2) is 9.28. The molecule has 1 saturated carbocycles. The number of benzene rings is 1. The van der Waals surface area contributed by atoms with Crippen molar-refractivity contribution in [1.82, 2.24) is 25.5 Å². The van der Waals surface area contributed by atoms with E-state index in [1.54, 1.807) is 25.1 Å². The largest absolute Gasteiger partial charge is 0.375 e. The quantitative estimate of drug-likeness (QED) is 0.428. The standard InChI is InChI=1S/C27H25N5O4S/c1-16-14-36-15-19-8-7-18(11-26(19)37(16,34)35)27(33)28-13-20-12-25-24(32-31-20)10-9-23(30-25)22-4-2-3-21(29-22)17-5-6-17/h2-4,7-12,16-17H,5-6,13-15H2,1H3,(H,28,33)/t16-/m0/s1. The summed E-state index contributed by atoms with van der Waals surface area (Å²) in [6.07, 6.45) is 2.36. The third-order valence-electron chi connectivity index (χ3n) is 6.73. The molecule has 10 heteroatoms. The van der Waals surface area contributed by atoms with Crippen LogP contribution in [0, 0.1) is 0 Å². The van der Waals surface area contributed by atoms with Gasteiger partial charge in [0.15, 0.2) is 9.84 Å². The highest BCUT2D eigenvalue weighted by Crippen LogP contribution is 2.39. The molecule has 0 unspecified atom stereocenters. The van der Waals surface area contributed by atoms with Gasteiger partial charge in [-0.15, -0.1) is 5.10 Å². The maximum absolute atomic E-state index is 12.9. The maximum Gasteiger partial charge on any atom is 0.251 e. The summed E-state index contributed by atoms with van der Waals surface area (Å²) in [6, 6.07) is 16.2. The number of carbonyl (C=O) groups is 1. The zero-order chi connectivity index (χ0) is 25.6. The van der Waals surface area contributed by atoms with Crippen molar-refractivity contribution >= 4 is 26.8 Å². The molecule has 0 radical (unpaired) electrons. The van der Waals surface area contributed by atoms with Crippen LogP contribution in [0.4, 0.5) is 0 Å². The van der Waals surface area contributed by atoms with Crippen molar-refractivity contribution in [1.29, 1.82) is 0 Å². The summed E-state index contributed by atoms with van der Waals surface area (Å²) in [5.74, 6) is 0.151. The number of aromatic nitrogens is 4. The Bertz CT molecular complexity index is 1640. The van der Waals surface area contributed by atoms with Gasteiger partial charge in [0, 0.05) is 17.2 Å². The van der Waals surface area contributed by atoms with Crippen LogP contribution in [-0.2, 0) is 27.7 Å². The van der Waals surface area contributed by atoms with Gasteiger partial charge in [0.2, 0.25) is 0 Å². The first kappa shape index (κ1) is 23.6. The lowest BCUT2D eigenvalue weighted by Gasteiger charge is -2.11. The van der Waals surface area contributed by atoms with Crippen LogP contribution in [0.1, 0.15) is 53.0 Å². The molecule has 1 atom stereocenters. The Morgan fingerprint density at radius 2 is 1.84 bits per heavy atom. The third kappa shape index (κ3) is 4.70. The maximum atomic E-state index is 12.9. The molecule has 1 aliphatic carbocycles. The van der Waals surface area contributed by atoms with Crippen LogP contribution < -0.4 is 5.32 Å². The first-order valence-corrected chi connectivity index (χ1v) is 13.8. The molecule has 37 heavy (non-hydrogen) atoms. The minimum atomic E-state index is -3.58. The molecule has 0 spiro atoms. The Hall–Kier alpha value is -3.76. The number of ether oxygens (including phenoxy) is 1. The number of carbonyl (C=O) groups excluding carboxylic acids is 1. The summed E-state index contributed by atoms with van der Waals surface area (Å²) in [7, 11) is -3.58. The summed E-state index contributed by atoms with van der Waals surface area (Å²) in [5, 5.41) is 10.6. The Morgan fingerprint density at radius 1 is 1.00 bits per heavy atom. The number of hydrogen-bond donors (Lipinski definition) is 1. The second-order valence-electron chi connectivity index (χ2n) is 9.53. The van der Waals surface area contributed by atoms with Crippen LogP contribution in [0.5, 0.6) is 0 Å². The van der Waals surface area contributed by atoms with Crippen molar-refractivity contribution in [3.63, 3.8) is 0 Å².